The number of benzene rings is 1. The summed E-state index contributed by atoms with van der Waals surface area (Å²) < 4.78 is 13.4. The summed E-state index contributed by atoms with van der Waals surface area (Å²) in [5.74, 6) is -0.336. The summed E-state index contributed by atoms with van der Waals surface area (Å²) in [6.45, 7) is 4.32. The molecule has 0 spiro atoms. The molecule has 3 rings (SSSR count). The molecular formula is C17H17FN2O. The molecule has 2 aromatic rings. The van der Waals surface area contributed by atoms with E-state index in [2.05, 4.69) is 4.98 Å². The molecule has 1 aliphatic heterocycles. The normalized spacial score (nSPS) is 14.1. The smallest absolute Gasteiger partial charge is 0.237 e. The number of rotatable bonds is 2. The highest BCUT2D eigenvalue weighted by Crippen LogP contribution is 2.33. The van der Waals surface area contributed by atoms with E-state index in [1.807, 2.05) is 19.9 Å². The van der Waals surface area contributed by atoms with Crippen molar-refractivity contribution >= 4 is 11.6 Å². The maximum atomic E-state index is 13.4. The molecule has 1 aromatic carbocycles. The van der Waals surface area contributed by atoms with Crippen LogP contribution in [0.2, 0.25) is 0 Å². The van der Waals surface area contributed by atoms with Gasteiger partial charge in [0.25, 0.3) is 0 Å². The van der Waals surface area contributed by atoms with Crippen molar-refractivity contribution in [1.29, 1.82) is 0 Å². The highest BCUT2D eigenvalue weighted by atomic mass is 19.1. The molecule has 0 radical (unpaired) electrons. The second-order valence-electron chi connectivity index (χ2n) is 5.85. The van der Waals surface area contributed by atoms with Crippen LogP contribution >= 0.6 is 0 Å². The molecule has 0 fully saturated rings. The highest BCUT2D eigenvalue weighted by Gasteiger charge is 2.37. The van der Waals surface area contributed by atoms with Crippen LogP contribution in [0.1, 0.15) is 25.0 Å². The highest BCUT2D eigenvalue weighted by molar-refractivity contribution is 6.02. The van der Waals surface area contributed by atoms with E-state index in [0.29, 0.717) is 12.1 Å². The van der Waals surface area contributed by atoms with Crippen molar-refractivity contribution in [3.05, 3.63) is 59.7 Å². The second kappa shape index (κ2) is 4.95. The fourth-order valence-electron chi connectivity index (χ4n) is 2.78. The zero-order valence-electron chi connectivity index (χ0n) is 12.1. The lowest BCUT2D eigenvalue weighted by Crippen LogP contribution is -2.42. The van der Waals surface area contributed by atoms with Crippen LogP contribution in [0, 0.1) is 5.82 Å². The topological polar surface area (TPSA) is 33.2 Å². The number of halogens is 1. The van der Waals surface area contributed by atoms with E-state index < -0.39 is 5.41 Å². The Hall–Kier alpha value is -2.23. The van der Waals surface area contributed by atoms with E-state index in [-0.39, 0.29) is 11.7 Å². The van der Waals surface area contributed by atoms with Gasteiger partial charge in [-0.15, -0.1) is 0 Å². The number of carbonyl (C=O) groups is 1. The molecule has 0 bridgehead atoms. The quantitative estimate of drug-likeness (QED) is 0.849. The molecule has 0 N–H and O–H groups in total. The van der Waals surface area contributed by atoms with Crippen molar-refractivity contribution in [2.24, 2.45) is 0 Å². The second-order valence-corrected chi connectivity index (χ2v) is 5.85. The van der Waals surface area contributed by atoms with Gasteiger partial charge < -0.3 is 4.90 Å². The Labute approximate surface area is 123 Å². The van der Waals surface area contributed by atoms with Gasteiger partial charge in [-0.25, -0.2) is 4.39 Å². The zero-order chi connectivity index (χ0) is 15.0. The molecule has 3 nitrogen and oxygen atoms in total. The third-order valence-electron chi connectivity index (χ3n) is 4.10. The average molecular weight is 284 g/mol. The van der Waals surface area contributed by atoms with Gasteiger partial charge in [0.1, 0.15) is 5.82 Å². The molecular weight excluding hydrogens is 267 g/mol. The maximum Gasteiger partial charge on any atom is 0.237 e. The number of amides is 1. The predicted octanol–water partition coefficient (Wildman–Crippen LogP) is 3.09. The number of aromatic nitrogens is 1. The Morgan fingerprint density at radius 1 is 1.33 bits per heavy atom. The van der Waals surface area contributed by atoms with Gasteiger partial charge in [0.05, 0.1) is 5.41 Å². The Morgan fingerprint density at radius 3 is 2.90 bits per heavy atom. The standard InChI is InChI=1S/C17H17FN2O/c1-17(2,13-4-3-5-14(18)10-13)16(21)20-9-7-12-11-19-8-6-15(12)20/h3-6,8,10-11H,7,9H2,1-2H3. The van der Waals surface area contributed by atoms with Crippen LogP contribution in [0.5, 0.6) is 0 Å². The number of nitrogens with zero attached hydrogens (tertiary/aromatic N) is 2. The summed E-state index contributed by atoms with van der Waals surface area (Å²) >= 11 is 0. The van der Waals surface area contributed by atoms with Gasteiger partial charge in [0.15, 0.2) is 0 Å². The summed E-state index contributed by atoms with van der Waals surface area (Å²) in [5, 5.41) is 0. The zero-order valence-corrected chi connectivity index (χ0v) is 12.1. The van der Waals surface area contributed by atoms with E-state index in [9.17, 15) is 9.18 Å². The molecule has 2 heterocycles. The molecule has 1 aliphatic rings. The van der Waals surface area contributed by atoms with Crippen molar-refractivity contribution in [3.8, 4) is 0 Å². The lowest BCUT2D eigenvalue weighted by molar-refractivity contribution is -0.122. The number of pyridine rings is 1. The van der Waals surface area contributed by atoms with Crippen LogP contribution in [0.3, 0.4) is 0 Å². The van der Waals surface area contributed by atoms with Gasteiger partial charge in [-0.1, -0.05) is 12.1 Å². The fraction of sp³-hybridized carbons (Fsp3) is 0.294. The molecule has 108 valence electrons. The largest absolute Gasteiger partial charge is 0.311 e. The number of carbonyl (C=O) groups excluding carboxylic acids is 1. The Balaban J connectivity index is 1.95. The molecule has 0 aliphatic carbocycles. The van der Waals surface area contributed by atoms with E-state index in [1.165, 1.54) is 12.1 Å². The summed E-state index contributed by atoms with van der Waals surface area (Å²) in [7, 11) is 0. The average Bonchev–Trinajstić information content (AvgIpc) is 2.90. The molecule has 0 saturated heterocycles. The van der Waals surface area contributed by atoms with Crippen molar-refractivity contribution in [3.63, 3.8) is 0 Å². The molecule has 4 heteroatoms. The molecule has 0 saturated carbocycles. The lowest BCUT2D eigenvalue weighted by atomic mass is 9.83. The van der Waals surface area contributed by atoms with Crippen molar-refractivity contribution in [2.45, 2.75) is 25.7 Å². The minimum absolute atomic E-state index is 0.0157. The molecule has 21 heavy (non-hydrogen) atoms. The number of hydrogen-bond acceptors (Lipinski definition) is 2. The van der Waals surface area contributed by atoms with Crippen molar-refractivity contribution < 1.29 is 9.18 Å². The third kappa shape index (κ3) is 2.31. The minimum atomic E-state index is -0.771. The van der Waals surface area contributed by atoms with E-state index >= 15 is 0 Å². The number of fused-ring (bicyclic) bond motifs is 1. The summed E-state index contributed by atoms with van der Waals surface area (Å²) in [6.07, 6.45) is 4.31. The van der Waals surface area contributed by atoms with Gasteiger partial charge >= 0.3 is 0 Å². The SMILES string of the molecule is CC(C)(C(=O)N1CCc2cnccc21)c1cccc(F)c1. The molecule has 1 aromatic heterocycles. The van der Waals surface area contributed by atoms with Gasteiger partial charge in [0.2, 0.25) is 5.91 Å². The van der Waals surface area contributed by atoms with Crippen LogP contribution in [0.25, 0.3) is 0 Å². The van der Waals surface area contributed by atoms with E-state index in [0.717, 1.165) is 17.7 Å². The minimum Gasteiger partial charge on any atom is -0.311 e. The van der Waals surface area contributed by atoms with E-state index in [4.69, 9.17) is 0 Å². The Bertz CT molecular complexity index is 697. The Morgan fingerprint density at radius 2 is 2.14 bits per heavy atom. The van der Waals surface area contributed by atoms with Gasteiger partial charge in [-0.2, -0.15) is 0 Å². The van der Waals surface area contributed by atoms with Crippen molar-refractivity contribution in [1.82, 2.24) is 4.98 Å². The number of anilines is 1. The molecule has 0 unspecified atom stereocenters. The van der Waals surface area contributed by atoms with Crippen LogP contribution < -0.4 is 4.90 Å². The number of hydrogen-bond donors (Lipinski definition) is 0. The van der Waals surface area contributed by atoms with Gasteiger partial charge in [-0.3, -0.25) is 9.78 Å². The van der Waals surface area contributed by atoms with Crippen molar-refractivity contribution in [2.75, 3.05) is 11.4 Å². The van der Waals surface area contributed by atoms with Crippen LogP contribution in [-0.4, -0.2) is 17.4 Å². The monoisotopic (exact) mass is 284 g/mol. The lowest BCUT2D eigenvalue weighted by Gasteiger charge is -2.30. The maximum absolute atomic E-state index is 13.4. The molecule has 0 atom stereocenters. The van der Waals surface area contributed by atoms with Gasteiger partial charge in [-0.05, 0) is 49.6 Å². The van der Waals surface area contributed by atoms with E-state index in [1.54, 1.807) is 29.4 Å². The van der Waals surface area contributed by atoms with Crippen LogP contribution in [-0.2, 0) is 16.6 Å². The van der Waals surface area contributed by atoms with Crippen LogP contribution in [0.15, 0.2) is 42.7 Å². The first-order chi connectivity index (χ1) is 10.00. The molecule has 1 amide bonds. The summed E-state index contributed by atoms with van der Waals surface area (Å²) in [5.41, 5.74) is 1.92. The first-order valence-corrected chi connectivity index (χ1v) is 7.01. The summed E-state index contributed by atoms with van der Waals surface area (Å²) in [6, 6.07) is 8.12. The predicted molar refractivity (Wildman–Crippen MR) is 79.7 cm³/mol. The summed E-state index contributed by atoms with van der Waals surface area (Å²) in [4.78, 5) is 18.8. The third-order valence-corrected chi connectivity index (χ3v) is 4.10. The fourth-order valence-corrected chi connectivity index (χ4v) is 2.78. The van der Waals surface area contributed by atoms with Gasteiger partial charge in [0, 0.05) is 24.6 Å². The first-order valence-electron chi connectivity index (χ1n) is 7.01. The van der Waals surface area contributed by atoms with Crippen LogP contribution in [0.4, 0.5) is 10.1 Å². The first kappa shape index (κ1) is 13.7. The Kier molecular flexibility index (Phi) is 3.24.